The number of hydrogen-bond acceptors (Lipinski definition) is 3. The smallest absolute Gasteiger partial charge is 0.326 e. The first kappa shape index (κ1) is 15.8. The minimum Gasteiger partial charge on any atom is -0.480 e. The number of carboxylic acids is 1. The molecule has 1 heterocycles. The number of nitrogens with one attached hydrogen (secondary N) is 2. The molecule has 1 saturated heterocycles. The highest BCUT2D eigenvalue weighted by molar-refractivity contribution is 5.82. The maximum Gasteiger partial charge on any atom is 0.326 e. The van der Waals surface area contributed by atoms with Gasteiger partial charge in [0, 0.05) is 18.6 Å². The molecule has 2 unspecified atom stereocenters. The number of amides is 2. The Morgan fingerprint density at radius 3 is 2.47 bits per heavy atom. The van der Waals surface area contributed by atoms with Gasteiger partial charge in [0.25, 0.3) is 0 Å². The van der Waals surface area contributed by atoms with Gasteiger partial charge in [-0.1, -0.05) is 13.8 Å². The number of rotatable bonds is 4. The van der Waals surface area contributed by atoms with Crippen LogP contribution in [0.25, 0.3) is 0 Å². The zero-order valence-electron chi connectivity index (χ0n) is 12.1. The van der Waals surface area contributed by atoms with E-state index in [1.807, 2.05) is 0 Å². The van der Waals surface area contributed by atoms with Crippen LogP contribution in [-0.2, 0) is 4.79 Å². The molecule has 0 spiro atoms. The van der Waals surface area contributed by atoms with Crippen molar-refractivity contribution in [2.45, 2.75) is 51.7 Å². The molecule has 1 aliphatic rings. The topological polar surface area (TPSA) is 81.7 Å². The van der Waals surface area contributed by atoms with Gasteiger partial charge >= 0.3 is 12.0 Å². The highest BCUT2D eigenvalue weighted by atomic mass is 16.4. The average Bonchev–Trinajstić information content (AvgIpc) is 2.30. The fourth-order valence-corrected chi connectivity index (χ4v) is 2.30. The zero-order valence-corrected chi connectivity index (χ0v) is 12.1. The number of carbonyl (C=O) groups is 2. The molecular weight excluding hydrogens is 246 g/mol. The Morgan fingerprint density at radius 1 is 1.37 bits per heavy atom. The van der Waals surface area contributed by atoms with Crippen LogP contribution in [0.2, 0.25) is 0 Å². The quantitative estimate of drug-likeness (QED) is 0.709. The van der Waals surface area contributed by atoms with Crippen molar-refractivity contribution < 1.29 is 14.7 Å². The van der Waals surface area contributed by atoms with Crippen LogP contribution in [0.3, 0.4) is 0 Å². The Morgan fingerprint density at radius 2 is 2.00 bits per heavy atom. The largest absolute Gasteiger partial charge is 0.480 e. The van der Waals surface area contributed by atoms with Crippen LogP contribution in [0.1, 0.15) is 33.6 Å². The number of hydrogen-bond donors (Lipinski definition) is 3. The van der Waals surface area contributed by atoms with Gasteiger partial charge < -0.3 is 20.6 Å². The second-order valence-corrected chi connectivity index (χ2v) is 5.73. The molecule has 0 saturated carbocycles. The number of piperidine rings is 1. The minimum atomic E-state index is -0.998. The van der Waals surface area contributed by atoms with Crippen molar-refractivity contribution in [2.24, 2.45) is 5.92 Å². The number of urea groups is 1. The monoisotopic (exact) mass is 271 g/mol. The molecule has 0 bridgehead atoms. The predicted octanol–water partition coefficient (Wildman–Crippen LogP) is 0.877. The molecule has 6 heteroatoms. The zero-order chi connectivity index (χ0) is 14.6. The summed E-state index contributed by atoms with van der Waals surface area (Å²) < 4.78 is 0. The second-order valence-electron chi connectivity index (χ2n) is 5.73. The first-order valence-electron chi connectivity index (χ1n) is 6.81. The van der Waals surface area contributed by atoms with Crippen molar-refractivity contribution >= 4 is 12.0 Å². The molecule has 0 aromatic carbocycles. The molecule has 1 rings (SSSR count). The maximum absolute atomic E-state index is 11.8. The molecule has 3 N–H and O–H groups in total. The number of carboxylic acid groups (broad SMARTS) is 1. The highest BCUT2D eigenvalue weighted by Crippen LogP contribution is 2.15. The van der Waals surface area contributed by atoms with E-state index in [9.17, 15) is 9.59 Å². The van der Waals surface area contributed by atoms with E-state index in [4.69, 9.17) is 5.11 Å². The Balaban J connectivity index is 2.44. The molecule has 0 aromatic rings. The van der Waals surface area contributed by atoms with E-state index in [2.05, 4.69) is 29.5 Å². The molecule has 1 fully saturated rings. The lowest BCUT2D eigenvalue weighted by Gasteiger charge is -2.35. The lowest BCUT2D eigenvalue weighted by atomic mass is 9.99. The number of nitrogens with zero attached hydrogens (tertiary/aromatic N) is 1. The third-order valence-electron chi connectivity index (χ3n) is 3.76. The van der Waals surface area contributed by atoms with Gasteiger partial charge in [0.05, 0.1) is 0 Å². The average molecular weight is 271 g/mol. The van der Waals surface area contributed by atoms with E-state index in [1.54, 1.807) is 13.8 Å². The van der Waals surface area contributed by atoms with Crippen molar-refractivity contribution in [3.63, 3.8) is 0 Å². The molecule has 1 aliphatic heterocycles. The Bertz CT molecular complexity index is 333. The number of carbonyl (C=O) groups excluding carboxylic acids is 1. The van der Waals surface area contributed by atoms with Crippen LogP contribution in [-0.4, -0.2) is 53.7 Å². The van der Waals surface area contributed by atoms with E-state index in [1.165, 1.54) is 0 Å². The SMILES string of the molecule is CC(C)[C@@H](NC(=O)NC1CCN(C)C(C)C1)C(=O)O. The van der Waals surface area contributed by atoms with Crippen LogP contribution in [0, 0.1) is 5.92 Å². The van der Waals surface area contributed by atoms with Crippen LogP contribution in [0.4, 0.5) is 4.79 Å². The van der Waals surface area contributed by atoms with Crippen molar-refractivity contribution in [3.05, 3.63) is 0 Å². The minimum absolute atomic E-state index is 0.118. The van der Waals surface area contributed by atoms with E-state index in [0.29, 0.717) is 6.04 Å². The molecule has 2 amide bonds. The fraction of sp³-hybridized carbons (Fsp3) is 0.846. The highest BCUT2D eigenvalue weighted by Gasteiger charge is 2.27. The van der Waals surface area contributed by atoms with Crippen molar-refractivity contribution in [2.75, 3.05) is 13.6 Å². The summed E-state index contributed by atoms with van der Waals surface area (Å²) in [5.74, 6) is -1.14. The molecule has 3 atom stereocenters. The number of likely N-dealkylation sites (tertiary alicyclic amines) is 1. The summed E-state index contributed by atoms with van der Waals surface area (Å²) in [5, 5.41) is 14.4. The van der Waals surface area contributed by atoms with Gasteiger partial charge in [-0.25, -0.2) is 9.59 Å². The summed E-state index contributed by atoms with van der Waals surface area (Å²) in [4.78, 5) is 25.1. The summed E-state index contributed by atoms with van der Waals surface area (Å²) in [6.07, 6.45) is 1.79. The van der Waals surface area contributed by atoms with Crippen LogP contribution in [0.15, 0.2) is 0 Å². The number of aliphatic carboxylic acids is 1. The van der Waals surface area contributed by atoms with Gasteiger partial charge in [-0.15, -0.1) is 0 Å². The first-order chi connectivity index (χ1) is 8.81. The lowest BCUT2D eigenvalue weighted by Crippen LogP contribution is -2.54. The second kappa shape index (κ2) is 6.75. The third kappa shape index (κ3) is 4.70. The maximum atomic E-state index is 11.8. The molecule has 19 heavy (non-hydrogen) atoms. The summed E-state index contributed by atoms with van der Waals surface area (Å²) in [5.41, 5.74) is 0. The van der Waals surface area contributed by atoms with Gasteiger partial charge in [0.1, 0.15) is 6.04 Å². The Hall–Kier alpha value is -1.30. The molecule has 110 valence electrons. The summed E-state index contributed by atoms with van der Waals surface area (Å²) in [7, 11) is 2.07. The van der Waals surface area contributed by atoms with Crippen molar-refractivity contribution in [1.82, 2.24) is 15.5 Å². The van der Waals surface area contributed by atoms with Gasteiger partial charge in [-0.3, -0.25) is 0 Å². The lowest BCUT2D eigenvalue weighted by molar-refractivity contribution is -0.140. The predicted molar refractivity (Wildman–Crippen MR) is 73.0 cm³/mol. The van der Waals surface area contributed by atoms with Gasteiger partial charge in [0.15, 0.2) is 0 Å². The van der Waals surface area contributed by atoms with Crippen LogP contribution >= 0.6 is 0 Å². The van der Waals surface area contributed by atoms with Gasteiger partial charge in [0.2, 0.25) is 0 Å². The van der Waals surface area contributed by atoms with E-state index in [0.717, 1.165) is 19.4 Å². The third-order valence-corrected chi connectivity index (χ3v) is 3.76. The van der Waals surface area contributed by atoms with E-state index < -0.39 is 12.0 Å². The van der Waals surface area contributed by atoms with E-state index >= 15 is 0 Å². The van der Waals surface area contributed by atoms with Gasteiger partial charge in [-0.2, -0.15) is 0 Å². The molecule has 0 aliphatic carbocycles. The Kier molecular flexibility index (Phi) is 5.60. The van der Waals surface area contributed by atoms with Gasteiger partial charge in [-0.05, 0) is 32.7 Å². The molecule has 0 aromatic heterocycles. The van der Waals surface area contributed by atoms with Crippen molar-refractivity contribution in [3.8, 4) is 0 Å². The van der Waals surface area contributed by atoms with Crippen LogP contribution in [0.5, 0.6) is 0 Å². The van der Waals surface area contributed by atoms with Crippen molar-refractivity contribution in [1.29, 1.82) is 0 Å². The standard InChI is InChI=1S/C13H25N3O3/c1-8(2)11(12(17)18)15-13(19)14-10-5-6-16(4)9(3)7-10/h8-11H,5-7H2,1-4H3,(H,17,18)(H2,14,15,19)/t9?,10?,11-/m1/s1. The molecular formula is C13H25N3O3. The van der Waals surface area contributed by atoms with Crippen LogP contribution < -0.4 is 10.6 Å². The summed E-state index contributed by atoms with van der Waals surface area (Å²) in [6.45, 7) is 6.62. The summed E-state index contributed by atoms with van der Waals surface area (Å²) in [6, 6.07) is -0.682. The molecule has 0 radical (unpaired) electrons. The Labute approximate surface area is 114 Å². The summed E-state index contributed by atoms with van der Waals surface area (Å²) >= 11 is 0. The normalized spacial score (nSPS) is 25.9. The first-order valence-corrected chi connectivity index (χ1v) is 6.81. The van der Waals surface area contributed by atoms with E-state index in [-0.39, 0.29) is 18.0 Å². The molecule has 6 nitrogen and oxygen atoms in total. The fourth-order valence-electron chi connectivity index (χ4n) is 2.30.